The smallest absolute Gasteiger partial charge is 0.254 e. The van der Waals surface area contributed by atoms with Crippen LogP contribution in [0.5, 0.6) is 0 Å². The van der Waals surface area contributed by atoms with E-state index in [0.717, 1.165) is 25.7 Å². The van der Waals surface area contributed by atoms with Crippen molar-refractivity contribution in [3.63, 3.8) is 0 Å². The van der Waals surface area contributed by atoms with E-state index in [1.54, 1.807) is 45.4 Å². The number of hydrogen-bond donors (Lipinski definition) is 1. The van der Waals surface area contributed by atoms with Gasteiger partial charge in [0.15, 0.2) is 0 Å². The number of hydrogen-bond acceptors (Lipinski definition) is 5. The van der Waals surface area contributed by atoms with E-state index in [9.17, 15) is 14.4 Å². The second-order valence-corrected chi connectivity index (χ2v) is 9.21. The first-order valence-electron chi connectivity index (χ1n) is 11.2. The van der Waals surface area contributed by atoms with Crippen LogP contribution in [-0.2, 0) is 20.7 Å². The van der Waals surface area contributed by atoms with Gasteiger partial charge in [0.05, 0.1) is 0 Å². The lowest BCUT2D eigenvalue weighted by atomic mass is 10.1. The molecule has 0 saturated carbocycles. The molecule has 2 aliphatic rings. The Kier molecular flexibility index (Phi) is 7.55. The molecular weight excluding hydrogens is 426 g/mol. The lowest BCUT2D eigenvalue weighted by Gasteiger charge is -2.35. The summed E-state index contributed by atoms with van der Waals surface area (Å²) in [5.41, 5.74) is 1.17. The first-order valence-corrected chi connectivity index (χ1v) is 12.1. The van der Waals surface area contributed by atoms with Gasteiger partial charge in [0.1, 0.15) is 6.10 Å². The minimum atomic E-state index is -0.317. The minimum absolute atomic E-state index is 0.0402. The maximum Gasteiger partial charge on any atom is 0.254 e. The highest BCUT2D eigenvalue weighted by Crippen LogP contribution is 2.18. The summed E-state index contributed by atoms with van der Waals surface area (Å²) in [7, 11) is 0. The van der Waals surface area contributed by atoms with Crippen molar-refractivity contribution in [2.45, 2.75) is 38.2 Å². The second-order valence-electron chi connectivity index (χ2n) is 8.18. The fourth-order valence-electron chi connectivity index (χ4n) is 4.12. The monoisotopic (exact) mass is 455 g/mol. The van der Waals surface area contributed by atoms with Crippen LogP contribution in [0.25, 0.3) is 0 Å². The van der Waals surface area contributed by atoms with Gasteiger partial charge in [-0.05, 0) is 55.3 Å². The molecule has 1 N–H and O–H groups in total. The zero-order valence-electron chi connectivity index (χ0n) is 18.1. The Hall–Kier alpha value is -2.71. The standard InChI is InChI=1S/C24H29N3O4S/c28-22(10-2-7-20-8-4-16-32-20)25-19-6-1-5-18(17-19)23(29)26-11-13-27(14-12-26)24(30)21-9-3-15-31-21/h1,4-6,8,16-17,21H,2-3,7,9-15H2,(H,25,28). The molecule has 8 heteroatoms. The fraction of sp³-hybridized carbons (Fsp3) is 0.458. The molecule has 3 heterocycles. The number of ether oxygens (including phenoxy) is 1. The first kappa shape index (κ1) is 22.5. The third-order valence-electron chi connectivity index (χ3n) is 5.88. The summed E-state index contributed by atoms with van der Waals surface area (Å²) in [5.74, 6) is -0.0891. The molecule has 2 aromatic rings. The van der Waals surface area contributed by atoms with Gasteiger partial charge >= 0.3 is 0 Å². The molecule has 32 heavy (non-hydrogen) atoms. The molecular formula is C24H29N3O4S. The van der Waals surface area contributed by atoms with Gasteiger partial charge in [-0.15, -0.1) is 11.3 Å². The van der Waals surface area contributed by atoms with Crippen LogP contribution in [0, 0.1) is 0 Å². The van der Waals surface area contributed by atoms with Crippen LogP contribution in [0.3, 0.4) is 0 Å². The first-order chi connectivity index (χ1) is 15.6. The zero-order valence-corrected chi connectivity index (χ0v) is 18.9. The van der Waals surface area contributed by atoms with E-state index in [0.29, 0.717) is 50.5 Å². The Morgan fingerprint density at radius 1 is 1.06 bits per heavy atom. The molecule has 2 fully saturated rings. The Balaban J connectivity index is 1.25. The number of nitrogens with zero attached hydrogens (tertiary/aromatic N) is 2. The highest BCUT2D eigenvalue weighted by molar-refractivity contribution is 7.09. The summed E-state index contributed by atoms with van der Waals surface area (Å²) >= 11 is 1.70. The van der Waals surface area contributed by atoms with Gasteiger partial charge in [-0.3, -0.25) is 14.4 Å². The second kappa shape index (κ2) is 10.7. The predicted octanol–water partition coefficient (Wildman–Crippen LogP) is 3.17. The third kappa shape index (κ3) is 5.75. The quantitative estimate of drug-likeness (QED) is 0.696. The fourth-order valence-corrected chi connectivity index (χ4v) is 4.87. The molecule has 3 amide bonds. The number of thiophene rings is 1. The summed E-state index contributed by atoms with van der Waals surface area (Å²) in [4.78, 5) is 42.6. The van der Waals surface area contributed by atoms with Crippen LogP contribution >= 0.6 is 11.3 Å². The molecule has 0 bridgehead atoms. The number of aryl methyl sites for hydroxylation is 1. The van der Waals surface area contributed by atoms with Crippen LogP contribution in [0.15, 0.2) is 41.8 Å². The molecule has 0 aliphatic carbocycles. The summed E-state index contributed by atoms with van der Waals surface area (Å²) in [5, 5.41) is 4.94. The van der Waals surface area contributed by atoms with Crippen LogP contribution in [0.4, 0.5) is 5.69 Å². The molecule has 0 radical (unpaired) electrons. The number of carbonyl (C=O) groups excluding carboxylic acids is 3. The molecule has 1 aromatic carbocycles. The molecule has 0 spiro atoms. The van der Waals surface area contributed by atoms with Gasteiger partial charge in [0.2, 0.25) is 5.91 Å². The number of nitrogens with one attached hydrogen (secondary N) is 1. The Labute approximate surface area is 192 Å². The van der Waals surface area contributed by atoms with E-state index < -0.39 is 0 Å². The lowest BCUT2D eigenvalue weighted by Crippen LogP contribution is -2.52. The number of carbonyl (C=O) groups is 3. The number of amides is 3. The summed E-state index contributed by atoms with van der Waals surface area (Å²) in [6, 6.07) is 11.2. The topological polar surface area (TPSA) is 79.0 Å². The number of anilines is 1. The van der Waals surface area contributed by atoms with Gasteiger partial charge in [-0.25, -0.2) is 0 Å². The van der Waals surface area contributed by atoms with Crippen molar-refractivity contribution in [2.24, 2.45) is 0 Å². The van der Waals surface area contributed by atoms with E-state index in [4.69, 9.17) is 4.74 Å². The third-order valence-corrected chi connectivity index (χ3v) is 6.82. The summed E-state index contributed by atoms with van der Waals surface area (Å²) in [6.07, 6.45) is 3.52. The van der Waals surface area contributed by atoms with Crippen molar-refractivity contribution in [3.8, 4) is 0 Å². The molecule has 1 atom stereocenters. The average molecular weight is 456 g/mol. The van der Waals surface area contributed by atoms with Crippen molar-refractivity contribution < 1.29 is 19.1 Å². The van der Waals surface area contributed by atoms with E-state index in [-0.39, 0.29) is 23.8 Å². The molecule has 170 valence electrons. The van der Waals surface area contributed by atoms with Gasteiger partial charge < -0.3 is 19.9 Å². The molecule has 1 unspecified atom stereocenters. The molecule has 7 nitrogen and oxygen atoms in total. The van der Waals surface area contributed by atoms with E-state index in [1.807, 2.05) is 11.4 Å². The molecule has 2 aliphatic heterocycles. The van der Waals surface area contributed by atoms with Crippen molar-refractivity contribution in [1.29, 1.82) is 0 Å². The van der Waals surface area contributed by atoms with Crippen molar-refractivity contribution in [2.75, 3.05) is 38.1 Å². The largest absolute Gasteiger partial charge is 0.368 e. The average Bonchev–Trinajstić information content (AvgIpc) is 3.53. The minimum Gasteiger partial charge on any atom is -0.368 e. The Morgan fingerprint density at radius 3 is 2.59 bits per heavy atom. The normalized spacial score (nSPS) is 18.6. The van der Waals surface area contributed by atoms with Gasteiger partial charge in [-0.2, -0.15) is 0 Å². The van der Waals surface area contributed by atoms with Gasteiger partial charge in [0.25, 0.3) is 11.8 Å². The van der Waals surface area contributed by atoms with E-state index in [2.05, 4.69) is 11.4 Å². The maximum atomic E-state index is 13.0. The van der Waals surface area contributed by atoms with Crippen LogP contribution < -0.4 is 5.32 Å². The van der Waals surface area contributed by atoms with Crippen molar-refractivity contribution in [3.05, 3.63) is 52.2 Å². The molecule has 1 aromatic heterocycles. The predicted molar refractivity (Wildman–Crippen MR) is 124 cm³/mol. The molecule has 2 saturated heterocycles. The zero-order chi connectivity index (χ0) is 22.3. The van der Waals surface area contributed by atoms with Crippen molar-refractivity contribution >= 4 is 34.7 Å². The van der Waals surface area contributed by atoms with E-state index >= 15 is 0 Å². The lowest BCUT2D eigenvalue weighted by molar-refractivity contribution is -0.142. The highest BCUT2D eigenvalue weighted by Gasteiger charge is 2.31. The van der Waals surface area contributed by atoms with Crippen LogP contribution in [0.1, 0.15) is 40.9 Å². The number of piperazine rings is 1. The van der Waals surface area contributed by atoms with E-state index in [1.165, 1.54) is 4.88 Å². The Bertz CT molecular complexity index is 932. The number of rotatable bonds is 7. The maximum absolute atomic E-state index is 13.0. The van der Waals surface area contributed by atoms with Crippen LogP contribution in [-0.4, -0.2) is 66.4 Å². The van der Waals surface area contributed by atoms with Gasteiger partial charge in [0, 0.05) is 55.3 Å². The summed E-state index contributed by atoms with van der Waals surface area (Å²) in [6.45, 7) is 2.68. The van der Waals surface area contributed by atoms with Gasteiger partial charge in [-0.1, -0.05) is 12.1 Å². The number of benzene rings is 1. The Morgan fingerprint density at radius 2 is 1.88 bits per heavy atom. The molecule has 4 rings (SSSR count). The van der Waals surface area contributed by atoms with Crippen molar-refractivity contribution in [1.82, 2.24) is 9.80 Å². The SMILES string of the molecule is O=C(CCCc1cccs1)Nc1cccc(C(=O)N2CCN(C(=O)C3CCCO3)CC2)c1. The highest BCUT2D eigenvalue weighted by atomic mass is 32.1. The summed E-state index contributed by atoms with van der Waals surface area (Å²) < 4.78 is 5.49. The van der Waals surface area contributed by atoms with Crippen LogP contribution in [0.2, 0.25) is 0 Å².